The number of halogens is 1. The second-order valence-corrected chi connectivity index (χ2v) is 6.82. The molecule has 2 heterocycles. The normalized spacial score (nSPS) is 25.5. The van der Waals surface area contributed by atoms with Crippen LogP contribution in [-0.2, 0) is 4.74 Å². The molecule has 1 aromatic rings. The van der Waals surface area contributed by atoms with Crippen molar-refractivity contribution in [2.75, 3.05) is 19.7 Å². The number of aryl methyl sites for hydroxylation is 1. The van der Waals surface area contributed by atoms with Gasteiger partial charge in [0.1, 0.15) is 5.69 Å². The molecule has 0 bridgehead atoms. The SMILES string of the molecule is Cc1cc(C(=O)NC2=CC(Cl)C([C@H]3CNCCO3)C=C2)cc(C(N)=O)n1. The zero-order chi connectivity index (χ0) is 18.7. The molecule has 26 heavy (non-hydrogen) atoms. The minimum Gasteiger partial charge on any atom is -0.375 e. The number of aromatic nitrogens is 1. The number of hydrogen-bond donors (Lipinski definition) is 3. The van der Waals surface area contributed by atoms with Crippen molar-refractivity contribution in [3.8, 4) is 0 Å². The topological polar surface area (TPSA) is 106 Å². The standard InChI is InChI=1S/C18H21ClN4O3/c1-10-6-11(7-15(22-10)17(20)24)18(25)23-12-2-3-13(14(19)8-12)16-9-21-4-5-26-16/h2-3,6-8,13-14,16,21H,4-5,9H2,1H3,(H2,20,24)(H,23,25)/t13?,14?,16-/m1/s1. The van der Waals surface area contributed by atoms with Crippen molar-refractivity contribution < 1.29 is 14.3 Å². The Labute approximate surface area is 156 Å². The van der Waals surface area contributed by atoms with Crippen molar-refractivity contribution in [3.05, 3.63) is 53.0 Å². The maximum Gasteiger partial charge on any atom is 0.267 e. The van der Waals surface area contributed by atoms with Gasteiger partial charge in [0.15, 0.2) is 0 Å². The average Bonchev–Trinajstić information content (AvgIpc) is 2.62. The Morgan fingerprint density at radius 2 is 2.23 bits per heavy atom. The summed E-state index contributed by atoms with van der Waals surface area (Å²) in [6.07, 6.45) is 5.59. The average molecular weight is 377 g/mol. The third-order valence-electron chi connectivity index (χ3n) is 4.32. The van der Waals surface area contributed by atoms with Gasteiger partial charge in [-0.25, -0.2) is 4.98 Å². The number of carbonyl (C=O) groups is 2. The smallest absolute Gasteiger partial charge is 0.267 e. The molecule has 0 aromatic carbocycles. The van der Waals surface area contributed by atoms with Crippen LogP contribution in [0.1, 0.15) is 26.5 Å². The van der Waals surface area contributed by atoms with Crippen LogP contribution in [0.2, 0.25) is 0 Å². The molecule has 2 unspecified atom stereocenters. The third kappa shape index (κ3) is 4.30. The molecular formula is C18H21ClN4O3. The van der Waals surface area contributed by atoms with Gasteiger partial charge >= 0.3 is 0 Å². The summed E-state index contributed by atoms with van der Waals surface area (Å²) in [7, 11) is 0. The van der Waals surface area contributed by atoms with Crippen molar-refractivity contribution in [3.63, 3.8) is 0 Å². The van der Waals surface area contributed by atoms with Gasteiger partial charge in [0, 0.05) is 36.0 Å². The van der Waals surface area contributed by atoms with Crippen LogP contribution in [0.4, 0.5) is 0 Å². The fourth-order valence-corrected chi connectivity index (χ4v) is 3.42. The van der Waals surface area contributed by atoms with Gasteiger partial charge in [-0.05, 0) is 31.2 Å². The van der Waals surface area contributed by atoms with Crippen molar-refractivity contribution in [2.45, 2.75) is 18.4 Å². The minimum atomic E-state index is -0.677. The van der Waals surface area contributed by atoms with Crippen LogP contribution in [0.25, 0.3) is 0 Å². The van der Waals surface area contributed by atoms with Crippen LogP contribution < -0.4 is 16.4 Å². The summed E-state index contributed by atoms with van der Waals surface area (Å²) in [5, 5.41) is 5.79. The predicted molar refractivity (Wildman–Crippen MR) is 97.9 cm³/mol. The number of nitrogens with one attached hydrogen (secondary N) is 2. The zero-order valence-electron chi connectivity index (χ0n) is 14.4. The van der Waals surface area contributed by atoms with Gasteiger partial charge in [0.2, 0.25) is 0 Å². The van der Waals surface area contributed by atoms with E-state index in [-0.39, 0.29) is 29.0 Å². The molecule has 4 N–H and O–H groups in total. The Morgan fingerprint density at radius 3 is 2.88 bits per heavy atom. The molecule has 1 aliphatic carbocycles. The van der Waals surface area contributed by atoms with E-state index >= 15 is 0 Å². The lowest BCUT2D eigenvalue weighted by Crippen LogP contribution is -2.45. The van der Waals surface area contributed by atoms with Gasteiger partial charge in [0.25, 0.3) is 11.8 Å². The number of hydrogen-bond acceptors (Lipinski definition) is 5. The number of morpholine rings is 1. The van der Waals surface area contributed by atoms with Gasteiger partial charge in [-0.1, -0.05) is 6.08 Å². The highest BCUT2D eigenvalue weighted by atomic mass is 35.5. The third-order valence-corrected chi connectivity index (χ3v) is 4.73. The van der Waals surface area contributed by atoms with Crippen molar-refractivity contribution in [1.29, 1.82) is 0 Å². The molecule has 0 spiro atoms. The van der Waals surface area contributed by atoms with Gasteiger partial charge in [-0.2, -0.15) is 0 Å². The minimum absolute atomic E-state index is 0.0111. The van der Waals surface area contributed by atoms with Crippen LogP contribution in [0.3, 0.4) is 0 Å². The number of rotatable bonds is 4. The first kappa shape index (κ1) is 18.6. The molecule has 0 saturated carbocycles. The number of primary amides is 1. The lowest BCUT2D eigenvalue weighted by atomic mass is 9.92. The highest BCUT2D eigenvalue weighted by Crippen LogP contribution is 2.26. The molecule has 0 radical (unpaired) electrons. The summed E-state index contributed by atoms with van der Waals surface area (Å²) < 4.78 is 5.76. The number of carbonyl (C=O) groups excluding carboxylic acids is 2. The molecule has 3 atom stereocenters. The number of allylic oxidation sites excluding steroid dienone is 2. The molecule has 1 aliphatic heterocycles. The van der Waals surface area contributed by atoms with Crippen molar-refractivity contribution in [2.24, 2.45) is 11.7 Å². The maximum absolute atomic E-state index is 12.5. The van der Waals surface area contributed by atoms with E-state index in [4.69, 9.17) is 22.1 Å². The van der Waals surface area contributed by atoms with Crippen LogP contribution >= 0.6 is 11.6 Å². The summed E-state index contributed by atoms with van der Waals surface area (Å²) in [4.78, 5) is 27.8. The summed E-state index contributed by atoms with van der Waals surface area (Å²) in [6.45, 7) is 3.95. The van der Waals surface area contributed by atoms with E-state index in [1.165, 1.54) is 6.07 Å². The Morgan fingerprint density at radius 1 is 1.42 bits per heavy atom. The van der Waals surface area contributed by atoms with Crippen LogP contribution in [0.5, 0.6) is 0 Å². The van der Waals surface area contributed by atoms with E-state index in [1.54, 1.807) is 19.1 Å². The van der Waals surface area contributed by atoms with E-state index in [0.717, 1.165) is 13.1 Å². The highest BCUT2D eigenvalue weighted by molar-refractivity contribution is 6.22. The second kappa shape index (κ2) is 7.99. The van der Waals surface area contributed by atoms with Gasteiger partial charge < -0.3 is 21.1 Å². The van der Waals surface area contributed by atoms with E-state index < -0.39 is 5.91 Å². The van der Waals surface area contributed by atoms with E-state index in [0.29, 0.717) is 23.6 Å². The lowest BCUT2D eigenvalue weighted by Gasteiger charge is -2.32. The van der Waals surface area contributed by atoms with E-state index in [2.05, 4.69) is 15.6 Å². The van der Waals surface area contributed by atoms with Gasteiger partial charge in [-0.3, -0.25) is 9.59 Å². The number of alkyl halides is 1. The molecule has 2 aliphatic rings. The first-order valence-corrected chi connectivity index (χ1v) is 8.84. The van der Waals surface area contributed by atoms with Gasteiger partial charge in [-0.15, -0.1) is 11.6 Å². The molecule has 8 heteroatoms. The fraction of sp³-hybridized carbons (Fsp3) is 0.389. The maximum atomic E-state index is 12.5. The van der Waals surface area contributed by atoms with Crippen LogP contribution in [-0.4, -0.2) is 48.0 Å². The zero-order valence-corrected chi connectivity index (χ0v) is 15.1. The lowest BCUT2D eigenvalue weighted by molar-refractivity contribution is 0.00430. The molecule has 138 valence electrons. The first-order chi connectivity index (χ1) is 12.4. The Hall–Kier alpha value is -2.22. The Kier molecular flexibility index (Phi) is 5.70. The van der Waals surface area contributed by atoms with Crippen LogP contribution in [0.15, 0.2) is 36.1 Å². The summed E-state index contributed by atoms with van der Waals surface area (Å²) in [5.41, 5.74) is 6.76. The summed E-state index contributed by atoms with van der Waals surface area (Å²) in [6, 6.07) is 2.97. The summed E-state index contributed by atoms with van der Waals surface area (Å²) >= 11 is 6.47. The van der Waals surface area contributed by atoms with Crippen molar-refractivity contribution >= 4 is 23.4 Å². The van der Waals surface area contributed by atoms with Crippen molar-refractivity contribution in [1.82, 2.24) is 15.6 Å². The number of amides is 2. The van der Waals surface area contributed by atoms with E-state index in [9.17, 15) is 9.59 Å². The molecule has 3 rings (SSSR count). The largest absolute Gasteiger partial charge is 0.375 e. The Bertz CT molecular complexity index is 772. The molecule has 1 saturated heterocycles. The second-order valence-electron chi connectivity index (χ2n) is 6.32. The highest BCUT2D eigenvalue weighted by Gasteiger charge is 2.29. The number of nitrogens with zero attached hydrogens (tertiary/aromatic N) is 1. The Balaban J connectivity index is 1.69. The first-order valence-electron chi connectivity index (χ1n) is 8.40. The predicted octanol–water partition coefficient (Wildman–Crippen LogP) is 0.884. The molecular weight excluding hydrogens is 356 g/mol. The summed E-state index contributed by atoms with van der Waals surface area (Å²) in [5.74, 6) is -0.995. The van der Waals surface area contributed by atoms with Crippen LogP contribution in [0, 0.1) is 12.8 Å². The quantitative estimate of drug-likeness (QED) is 0.676. The van der Waals surface area contributed by atoms with E-state index in [1.807, 2.05) is 12.2 Å². The number of pyridine rings is 1. The van der Waals surface area contributed by atoms with Gasteiger partial charge in [0.05, 0.1) is 18.1 Å². The monoisotopic (exact) mass is 376 g/mol. The molecule has 1 fully saturated rings. The fourth-order valence-electron chi connectivity index (χ4n) is 3.03. The number of nitrogens with two attached hydrogens (primary N) is 1. The number of ether oxygens (including phenoxy) is 1. The molecule has 2 amide bonds. The molecule has 1 aromatic heterocycles. The molecule has 7 nitrogen and oxygen atoms in total.